The van der Waals surface area contributed by atoms with E-state index in [0.29, 0.717) is 6.42 Å². The van der Waals surface area contributed by atoms with Crippen LogP contribution in [0.4, 0.5) is 0 Å². The number of esters is 1. The van der Waals surface area contributed by atoms with E-state index in [2.05, 4.69) is 11.8 Å². The number of halogens is 1. The van der Waals surface area contributed by atoms with Gasteiger partial charge in [0, 0.05) is 25.9 Å². The highest BCUT2D eigenvalue weighted by Crippen LogP contribution is 2.14. The summed E-state index contributed by atoms with van der Waals surface area (Å²) in [7, 11) is 2.01. The van der Waals surface area contributed by atoms with Gasteiger partial charge in [0.25, 0.3) is 0 Å². The van der Waals surface area contributed by atoms with Crippen molar-refractivity contribution >= 4 is 23.0 Å². The van der Waals surface area contributed by atoms with Gasteiger partial charge < -0.3 is 14.5 Å². The fraction of sp³-hybridized carbons (Fsp3) is 0.864. The van der Waals surface area contributed by atoms with Gasteiger partial charge in [0.2, 0.25) is 0 Å². The topological polar surface area (TPSA) is 32.8 Å². The van der Waals surface area contributed by atoms with E-state index in [9.17, 15) is 4.79 Å². The molecule has 0 N–H and O–H groups in total. The fourth-order valence-electron chi connectivity index (χ4n) is 3.39. The van der Waals surface area contributed by atoms with Crippen molar-refractivity contribution in [3.63, 3.8) is 0 Å². The zero-order valence-electron chi connectivity index (χ0n) is 18.0. The van der Waals surface area contributed by atoms with Gasteiger partial charge in [-0.2, -0.15) is 0 Å². The Bertz CT molecular complexity index is 391. The summed E-state index contributed by atoms with van der Waals surface area (Å²) in [5.74, 6) is -0.0662. The predicted octanol–water partition coefficient (Wildman–Crippen LogP) is 6.61. The molecule has 160 valence electrons. The zero-order chi connectivity index (χ0) is 19.0. The van der Waals surface area contributed by atoms with Crippen LogP contribution in [0.1, 0.15) is 104 Å². The van der Waals surface area contributed by atoms with Crippen molar-refractivity contribution in [3.05, 3.63) is 12.4 Å². The quantitative estimate of drug-likeness (QED) is 0.197. The number of hydrogen-bond acceptors (Lipinski definition) is 4. The second kappa shape index (κ2) is 17.4. The van der Waals surface area contributed by atoms with Crippen LogP contribution in [-0.2, 0) is 9.53 Å². The Labute approximate surface area is 178 Å². The standard InChI is InChI=1S/C22H42N2O2.BrH/c1-4-5-6-7-8-9-10-11-12-13-14-15-16-17-22(25)26-21(2)24-19-18-23(3)20-24;/h18-19,21H,4-17,20H2,1-3H3;1H. The Morgan fingerprint density at radius 1 is 0.889 bits per heavy atom. The van der Waals surface area contributed by atoms with Crippen LogP contribution in [0.2, 0.25) is 0 Å². The molecule has 1 aliphatic heterocycles. The number of carbonyl (C=O) groups is 1. The number of rotatable bonds is 16. The lowest BCUT2D eigenvalue weighted by Crippen LogP contribution is -2.34. The van der Waals surface area contributed by atoms with Crippen molar-refractivity contribution in [1.82, 2.24) is 9.80 Å². The minimum Gasteiger partial charge on any atom is -0.442 e. The highest BCUT2D eigenvalue weighted by molar-refractivity contribution is 8.93. The molecular formula is C22H43BrN2O2. The van der Waals surface area contributed by atoms with Crippen LogP contribution in [0.3, 0.4) is 0 Å². The summed E-state index contributed by atoms with van der Waals surface area (Å²) in [6, 6.07) is 0. The first-order chi connectivity index (χ1) is 12.6. The third-order valence-electron chi connectivity index (χ3n) is 5.15. The molecule has 27 heavy (non-hydrogen) atoms. The second-order valence-corrected chi connectivity index (χ2v) is 7.79. The lowest BCUT2D eigenvalue weighted by atomic mass is 10.0. The van der Waals surface area contributed by atoms with Gasteiger partial charge in [0.05, 0.1) is 6.67 Å². The maximum absolute atomic E-state index is 11.9. The van der Waals surface area contributed by atoms with Crippen molar-refractivity contribution in [2.45, 2.75) is 110 Å². The molecule has 0 amide bonds. The Balaban J connectivity index is 0.00000676. The highest BCUT2D eigenvalue weighted by Gasteiger charge is 2.18. The van der Waals surface area contributed by atoms with E-state index in [0.717, 1.165) is 19.5 Å². The highest BCUT2D eigenvalue weighted by atomic mass is 79.9. The molecular weight excluding hydrogens is 404 g/mol. The summed E-state index contributed by atoms with van der Waals surface area (Å²) in [6.07, 6.45) is 21.6. The molecule has 0 aromatic carbocycles. The van der Waals surface area contributed by atoms with Crippen LogP contribution in [0.15, 0.2) is 12.4 Å². The van der Waals surface area contributed by atoms with Gasteiger partial charge in [-0.1, -0.05) is 84.0 Å². The fourth-order valence-corrected chi connectivity index (χ4v) is 3.39. The summed E-state index contributed by atoms with van der Waals surface area (Å²) in [5, 5.41) is 0. The summed E-state index contributed by atoms with van der Waals surface area (Å²) >= 11 is 0. The molecule has 1 heterocycles. The van der Waals surface area contributed by atoms with Crippen LogP contribution in [-0.4, -0.2) is 35.7 Å². The normalized spacial score (nSPS) is 14.3. The smallest absolute Gasteiger partial charge is 0.307 e. The van der Waals surface area contributed by atoms with Gasteiger partial charge in [0.1, 0.15) is 0 Å². The molecule has 0 aliphatic carbocycles. The van der Waals surface area contributed by atoms with Gasteiger partial charge in [0.15, 0.2) is 6.23 Å². The third kappa shape index (κ3) is 14.0. The monoisotopic (exact) mass is 446 g/mol. The maximum atomic E-state index is 11.9. The van der Waals surface area contributed by atoms with E-state index in [1.165, 1.54) is 70.6 Å². The molecule has 0 saturated carbocycles. The maximum Gasteiger partial charge on any atom is 0.307 e. The van der Waals surface area contributed by atoms with Crippen molar-refractivity contribution in [3.8, 4) is 0 Å². The third-order valence-corrected chi connectivity index (χ3v) is 5.15. The van der Waals surface area contributed by atoms with Gasteiger partial charge >= 0.3 is 5.97 Å². The van der Waals surface area contributed by atoms with E-state index >= 15 is 0 Å². The molecule has 0 saturated heterocycles. The lowest BCUT2D eigenvalue weighted by molar-refractivity contribution is -0.155. The first-order valence-corrected chi connectivity index (χ1v) is 11.0. The SMILES string of the molecule is Br.CCCCCCCCCCCCCCCC(=O)OC(C)N1C=CN(C)C1. The van der Waals surface area contributed by atoms with E-state index in [1.54, 1.807) is 0 Å². The Hall–Kier alpha value is -0.710. The van der Waals surface area contributed by atoms with E-state index in [-0.39, 0.29) is 29.2 Å². The van der Waals surface area contributed by atoms with E-state index < -0.39 is 0 Å². The molecule has 1 atom stereocenters. The van der Waals surface area contributed by atoms with Gasteiger partial charge in [-0.25, -0.2) is 0 Å². The summed E-state index contributed by atoms with van der Waals surface area (Å²) in [5.41, 5.74) is 0. The molecule has 0 bridgehead atoms. The van der Waals surface area contributed by atoms with Crippen LogP contribution >= 0.6 is 17.0 Å². The molecule has 0 aromatic rings. The van der Waals surface area contributed by atoms with Crippen molar-refractivity contribution in [1.29, 1.82) is 0 Å². The molecule has 1 aliphatic rings. The van der Waals surface area contributed by atoms with Crippen molar-refractivity contribution < 1.29 is 9.53 Å². The van der Waals surface area contributed by atoms with Gasteiger partial charge in [-0.05, 0) is 13.3 Å². The summed E-state index contributed by atoms with van der Waals surface area (Å²) in [6.45, 7) is 4.99. The minimum absolute atomic E-state index is 0. The average molecular weight is 448 g/mol. The predicted molar refractivity (Wildman–Crippen MR) is 120 cm³/mol. The first kappa shape index (κ1) is 26.3. The molecule has 1 rings (SSSR count). The molecule has 0 radical (unpaired) electrons. The summed E-state index contributed by atoms with van der Waals surface area (Å²) < 4.78 is 5.50. The first-order valence-electron chi connectivity index (χ1n) is 11.0. The number of hydrogen-bond donors (Lipinski definition) is 0. The Kier molecular flexibility index (Phi) is 16.9. The molecule has 4 nitrogen and oxygen atoms in total. The van der Waals surface area contributed by atoms with Crippen LogP contribution in [0.5, 0.6) is 0 Å². The summed E-state index contributed by atoms with van der Waals surface area (Å²) in [4.78, 5) is 16.0. The van der Waals surface area contributed by atoms with Crippen molar-refractivity contribution in [2.24, 2.45) is 0 Å². The Morgan fingerprint density at radius 3 is 1.81 bits per heavy atom. The second-order valence-electron chi connectivity index (χ2n) is 7.79. The largest absolute Gasteiger partial charge is 0.442 e. The van der Waals surface area contributed by atoms with Gasteiger partial charge in [-0.3, -0.25) is 4.79 Å². The molecule has 0 aromatic heterocycles. The molecule has 0 spiro atoms. The lowest BCUT2D eigenvalue weighted by Gasteiger charge is -2.25. The number of ether oxygens (including phenoxy) is 1. The average Bonchev–Trinajstić information content (AvgIpc) is 3.05. The van der Waals surface area contributed by atoms with Crippen molar-refractivity contribution in [2.75, 3.05) is 13.7 Å². The van der Waals surface area contributed by atoms with E-state index in [4.69, 9.17) is 4.74 Å². The zero-order valence-corrected chi connectivity index (χ0v) is 19.7. The number of nitrogens with zero attached hydrogens (tertiary/aromatic N) is 2. The molecule has 5 heteroatoms. The number of carbonyl (C=O) groups excluding carboxylic acids is 1. The minimum atomic E-state index is -0.175. The van der Waals surface area contributed by atoms with Gasteiger partial charge in [-0.15, -0.1) is 17.0 Å². The molecule has 0 fully saturated rings. The van der Waals surface area contributed by atoms with Crippen LogP contribution < -0.4 is 0 Å². The van der Waals surface area contributed by atoms with Crippen LogP contribution in [0.25, 0.3) is 0 Å². The number of unbranched alkanes of at least 4 members (excludes halogenated alkanes) is 12. The van der Waals surface area contributed by atoms with Crippen LogP contribution in [0, 0.1) is 0 Å². The Morgan fingerprint density at radius 2 is 1.37 bits per heavy atom. The van der Waals surface area contributed by atoms with E-state index in [1.807, 2.05) is 31.3 Å². The molecule has 1 unspecified atom stereocenters.